The van der Waals surface area contributed by atoms with Crippen LogP contribution in [0.3, 0.4) is 0 Å². The van der Waals surface area contributed by atoms with E-state index in [1.54, 1.807) is 17.8 Å². The number of hydrogen-bond donors (Lipinski definition) is 1. The number of anilines is 1. The summed E-state index contributed by atoms with van der Waals surface area (Å²) in [6, 6.07) is 5.11. The van der Waals surface area contributed by atoms with Crippen molar-refractivity contribution in [2.24, 2.45) is 7.05 Å². The zero-order valence-corrected chi connectivity index (χ0v) is 12.1. The molecule has 0 fully saturated rings. The SMILES string of the molecule is Cc1nn(C)c2sc(C(=O)Nc3c(F)cccc3F)cc12. The molecule has 21 heavy (non-hydrogen) atoms. The summed E-state index contributed by atoms with van der Waals surface area (Å²) in [6.45, 7) is 1.84. The number of aromatic nitrogens is 2. The minimum Gasteiger partial charge on any atom is -0.316 e. The van der Waals surface area contributed by atoms with Gasteiger partial charge in [0.1, 0.15) is 22.2 Å². The van der Waals surface area contributed by atoms with Crippen LogP contribution in [0.2, 0.25) is 0 Å². The fraction of sp³-hybridized carbons (Fsp3) is 0.143. The molecule has 3 rings (SSSR count). The molecule has 0 saturated carbocycles. The molecular weight excluding hydrogens is 296 g/mol. The van der Waals surface area contributed by atoms with Crippen LogP contribution in [-0.2, 0) is 7.05 Å². The smallest absolute Gasteiger partial charge is 0.265 e. The van der Waals surface area contributed by atoms with Gasteiger partial charge in [-0.3, -0.25) is 9.48 Å². The zero-order valence-electron chi connectivity index (χ0n) is 11.3. The summed E-state index contributed by atoms with van der Waals surface area (Å²) in [4.78, 5) is 13.4. The van der Waals surface area contributed by atoms with Gasteiger partial charge in [0.2, 0.25) is 0 Å². The molecule has 1 aromatic carbocycles. The highest BCUT2D eigenvalue weighted by Crippen LogP contribution is 2.28. The number of rotatable bonds is 2. The molecule has 0 spiro atoms. The first-order valence-corrected chi connectivity index (χ1v) is 6.97. The Kier molecular flexibility index (Phi) is 3.21. The second kappa shape index (κ2) is 4.92. The van der Waals surface area contributed by atoms with Gasteiger partial charge < -0.3 is 5.32 Å². The molecule has 2 heterocycles. The molecule has 2 aromatic heterocycles. The number of amides is 1. The van der Waals surface area contributed by atoms with E-state index in [1.807, 2.05) is 6.92 Å². The molecule has 0 aliphatic rings. The van der Waals surface area contributed by atoms with Gasteiger partial charge in [-0.1, -0.05) is 6.07 Å². The van der Waals surface area contributed by atoms with E-state index in [-0.39, 0.29) is 0 Å². The Hall–Kier alpha value is -2.28. The van der Waals surface area contributed by atoms with E-state index in [9.17, 15) is 13.6 Å². The highest BCUT2D eigenvalue weighted by Gasteiger charge is 2.18. The first-order valence-electron chi connectivity index (χ1n) is 6.16. The van der Waals surface area contributed by atoms with E-state index < -0.39 is 23.2 Å². The number of halogens is 2. The molecular formula is C14H11F2N3OS. The number of benzene rings is 1. The average Bonchev–Trinajstić information content (AvgIpc) is 2.97. The normalized spacial score (nSPS) is 11.0. The maximum atomic E-state index is 13.5. The lowest BCUT2D eigenvalue weighted by molar-refractivity contribution is 0.102. The standard InChI is InChI=1S/C14H11F2N3OS/c1-7-8-6-11(21-14(8)19(2)18-7)13(20)17-12-9(15)4-3-5-10(12)16/h3-6H,1-2H3,(H,17,20). The number of carbonyl (C=O) groups excluding carboxylic acids is 1. The Morgan fingerprint density at radius 2 is 2.00 bits per heavy atom. The molecule has 0 saturated heterocycles. The summed E-state index contributed by atoms with van der Waals surface area (Å²) in [6.07, 6.45) is 0. The number of nitrogens with zero attached hydrogens (tertiary/aromatic N) is 2. The van der Waals surface area contributed by atoms with Gasteiger partial charge in [0.15, 0.2) is 0 Å². The second-order valence-corrected chi connectivity index (χ2v) is 5.62. The van der Waals surface area contributed by atoms with Gasteiger partial charge in [-0.25, -0.2) is 8.78 Å². The Balaban J connectivity index is 1.96. The quantitative estimate of drug-likeness (QED) is 0.788. The van der Waals surface area contributed by atoms with Gasteiger partial charge in [-0.05, 0) is 25.1 Å². The van der Waals surface area contributed by atoms with Crippen molar-refractivity contribution in [3.63, 3.8) is 0 Å². The monoisotopic (exact) mass is 307 g/mol. The molecule has 7 heteroatoms. The van der Waals surface area contributed by atoms with Crippen LogP contribution in [0.4, 0.5) is 14.5 Å². The van der Waals surface area contributed by atoms with Crippen molar-refractivity contribution in [3.8, 4) is 0 Å². The van der Waals surface area contributed by atoms with Crippen LogP contribution in [0, 0.1) is 18.6 Å². The molecule has 0 radical (unpaired) electrons. The summed E-state index contributed by atoms with van der Waals surface area (Å²) >= 11 is 1.23. The molecule has 0 unspecified atom stereocenters. The minimum atomic E-state index is -0.803. The number of thiophene rings is 1. The molecule has 0 aliphatic heterocycles. The van der Waals surface area contributed by atoms with Crippen LogP contribution in [0.15, 0.2) is 24.3 Å². The Morgan fingerprint density at radius 1 is 1.33 bits per heavy atom. The maximum absolute atomic E-state index is 13.5. The fourth-order valence-electron chi connectivity index (χ4n) is 2.11. The van der Waals surface area contributed by atoms with Crippen LogP contribution in [0.25, 0.3) is 10.2 Å². The third-order valence-corrected chi connectivity index (χ3v) is 4.32. The molecule has 0 aliphatic carbocycles. The number of aryl methyl sites for hydroxylation is 2. The molecule has 1 amide bonds. The van der Waals surface area contributed by atoms with Gasteiger partial charge >= 0.3 is 0 Å². The third kappa shape index (κ3) is 2.29. The van der Waals surface area contributed by atoms with E-state index in [4.69, 9.17) is 0 Å². The molecule has 3 aromatic rings. The first kappa shape index (κ1) is 13.7. The Labute approximate surface area is 123 Å². The predicted molar refractivity (Wildman–Crippen MR) is 77.6 cm³/mol. The van der Waals surface area contributed by atoms with Crippen LogP contribution in [0.1, 0.15) is 15.4 Å². The Morgan fingerprint density at radius 3 is 2.62 bits per heavy atom. The van der Waals surface area contributed by atoms with Crippen LogP contribution in [-0.4, -0.2) is 15.7 Å². The molecule has 108 valence electrons. The predicted octanol–water partition coefficient (Wildman–Crippen LogP) is 3.47. The second-order valence-electron chi connectivity index (χ2n) is 4.59. The zero-order chi connectivity index (χ0) is 15.1. The van der Waals surface area contributed by atoms with E-state index in [0.717, 1.165) is 28.0 Å². The van der Waals surface area contributed by atoms with Gasteiger partial charge in [-0.15, -0.1) is 11.3 Å². The summed E-state index contributed by atoms with van der Waals surface area (Å²) in [5.74, 6) is -2.15. The number of carbonyl (C=O) groups is 1. The highest BCUT2D eigenvalue weighted by molar-refractivity contribution is 7.20. The van der Waals surface area contributed by atoms with Gasteiger partial charge in [0.05, 0.1) is 10.6 Å². The van der Waals surface area contributed by atoms with E-state index >= 15 is 0 Å². The lowest BCUT2D eigenvalue weighted by Gasteiger charge is -2.05. The summed E-state index contributed by atoms with van der Waals surface area (Å²) < 4.78 is 28.7. The van der Waals surface area contributed by atoms with Crippen molar-refractivity contribution < 1.29 is 13.6 Å². The molecule has 1 N–H and O–H groups in total. The number of fused-ring (bicyclic) bond motifs is 1. The fourth-order valence-corrected chi connectivity index (χ4v) is 3.13. The van der Waals surface area contributed by atoms with Crippen molar-refractivity contribution in [2.45, 2.75) is 6.92 Å². The summed E-state index contributed by atoms with van der Waals surface area (Å²) in [5, 5.41) is 7.38. The van der Waals surface area contributed by atoms with Gasteiger partial charge in [-0.2, -0.15) is 5.10 Å². The van der Waals surface area contributed by atoms with E-state index in [1.165, 1.54) is 17.4 Å². The van der Waals surface area contributed by atoms with Crippen LogP contribution in [0.5, 0.6) is 0 Å². The van der Waals surface area contributed by atoms with Gasteiger partial charge in [0, 0.05) is 12.4 Å². The van der Waals surface area contributed by atoms with Crippen molar-refractivity contribution in [3.05, 3.63) is 46.5 Å². The number of nitrogens with one attached hydrogen (secondary N) is 1. The number of hydrogen-bond acceptors (Lipinski definition) is 3. The summed E-state index contributed by atoms with van der Waals surface area (Å²) in [7, 11) is 1.78. The van der Waals surface area contributed by atoms with E-state index in [2.05, 4.69) is 10.4 Å². The van der Waals surface area contributed by atoms with Crippen LogP contribution >= 0.6 is 11.3 Å². The number of para-hydroxylation sites is 1. The molecule has 0 atom stereocenters. The van der Waals surface area contributed by atoms with Crippen LogP contribution < -0.4 is 5.32 Å². The van der Waals surface area contributed by atoms with E-state index in [0.29, 0.717) is 4.88 Å². The average molecular weight is 307 g/mol. The lowest BCUT2D eigenvalue weighted by Crippen LogP contribution is -2.12. The largest absolute Gasteiger partial charge is 0.316 e. The first-order chi connectivity index (χ1) is 9.97. The van der Waals surface area contributed by atoms with Crippen molar-refractivity contribution in [2.75, 3.05) is 5.32 Å². The van der Waals surface area contributed by atoms with Gasteiger partial charge in [0.25, 0.3) is 5.91 Å². The van der Waals surface area contributed by atoms with Crippen molar-refractivity contribution >= 4 is 33.1 Å². The summed E-state index contributed by atoms with van der Waals surface area (Å²) in [5.41, 5.74) is 0.370. The van der Waals surface area contributed by atoms with Crippen molar-refractivity contribution in [1.82, 2.24) is 9.78 Å². The third-order valence-electron chi connectivity index (χ3n) is 3.12. The highest BCUT2D eigenvalue weighted by atomic mass is 32.1. The maximum Gasteiger partial charge on any atom is 0.265 e. The minimum absolute atomic E-state index is 0.378. The van der Waals surface area contributed by atoms with Crippen molar-refractivity contribution in [1.29, 1.82) is 0 Å². The lowest BCUT2D eigenvalue weighted by atomic mass is 10.2. The Bertz CT molecular complexity index is 799. The molecule has 0 bridgehead atoms. The topological polar surface area (TPSA) is 46.9 Å². The molecule has 4 nitrogen and oxygen atoms in total.